The number of hydrogen-bond acceptors (Lipinski definition) is 4. The molecule has 1 aliphatic heterocycles. The number of rotatable bonds is 5. The minimum Gasteiger partial charge on any atom is -0.376 e. The number of carbonyl (C=O) groups excluding carboxylic acids is 1. The van der Waals surface area contributed by atoms with E-state index in [0.29, 0.717) is 12.2 Å². The lowest BCUT2D eigenvalue weighted by molar-refractivity contribution is 0.0852. The average Bonchev–Trinajstić information content (AvgIpc) is 3.22. The largest absolute Gasteiger partial charge is 0.376 e. The number of aromatic nitrogens is 3. The molecule has 2 heterocycles. The first-order valence-corrected chi connectivity index (χ1v) is 8.07. The minimum atomic E-state index is -0.189. The van der Waals surface area contributed by atoms with Gasteiger partial charge in [0.1, 0.15) is 0 Å². The molecule has 0 unspecified atom stereocenters. The molecule has 0 spiro atoms. The Labute approximate surface area is 135 Å². The van der Waals surface area contributed by atoms with Crippen molar-refractivity contribution in [3.8, 4) is 5.69 Å². The van der Waals surface area contributed by atoms with Crippen LogP contribution in [0.2, 0.25) is 0 Å². The van der Waals surface area contributed by atoms with Crippen molar-refractivity contribution in [3.63, 3.8) is 0 Å². The van der Waals surface area contributed by atoms with Gasteiger partial charge in [-0.2, -0.15) is 0 Å². The van der Waals surface area contributed by atoms with Gasteiger partial charge in [0.2, 0.25) is 0 Å². The molecule has 122 valence electrons. The van der Waals surface area contributed by atoms with E-state index in [1.807, 2.05) is 44.2 Å². The smallest absolute Gasteiger partial charge is 0.273 e. The van der Waals surface area contributed by atoms with Crippen LogP contribution in [0.5, 0.6) is 0 Å². The van der Waals surface area contributed by atoms with Gasteiger partial charge in [0.25, 0.3) is 5.91 Å². The summed E-state index contributed by atoms with van der Waals surface area (Å²) in [6, 6.07) is 9.74. The Hall–Kier alpha value is -2.21. The maximum absolute atomic E-state index is 12.5. The average molecular weight is 314 g/mol. The second-order valence-corrected chi connectivity index (χ2v) is 6.07. The van der Waals surface area contributed by atoms with Gasteiger partial charge in [-0.3, -0.25) is 4.79 Å². The highest BCUT2D eigenvalue weighted by molar-refractivity contribution is 5.93. The Kier molecular flexibility index (Phi) is 4.71. The molecule has 1 aliphatic rings. The number of para-hydroxylation sites is 1. The molecule has 23 heavy (non-hydrogen) atoms. The molecule has 0 saturated carbocycles. The molecule has 1 saturated heterocycles. The fraction of sp³-hybridized carbons (Fsp3) is 0.471. The van der Waals surface area contributed by atoms with Crippen molar-refractivity contribution in [1.29, 1.82) is 0 Å². The molecule has 1 N–H and O–H groups in total. The van der Waals surface area contributed by atoms with E-state index in [2.05, 4.69) is 15.6 Å². The molecule has 1 amide bonds. The van der Waals surface area contributed by atoms with Crippen LogP contribution in [0.4, 0.5) is 0 Å². The van der Waals surface area contributed by atoms with Gasteiger partial charge in [-0.05, 0) is 30.9 Å². The number of ether oxygens (including phenoxy) is 1. The van der Waals surface area contributed by atoms with E-state index in [1.54, 1.807) is 4.68 Å². The molecule has 2 aromatic rings. The van der Waals surface area contributed by atoms with Gasteiger partial charge in [0.15, 0.2) is 5.69 Å². The Morgan fingerprint density at radius 2 is 2.17 bits per heavy atom. The van der Waals surface area contributed by atoms with Gasteiger partial charge in [-0.25, -0.2) is 4.68 Å². The van der Waals surface area contributed by atoms with Gasteiger partial charge in [-0.1, -0.05) is 37.3 Å². The lowest BCUT2D eigenvalue weighted by atomic mass is 10.1. The number of carbonyl (C=O) groups is 1. The molecule has 6 heteroatoms. The van der Waals surface area contributed by atoms with E-state index in [4.69, 9.17) is 4.74 Å². The quantitative estimate of drug-likeness (QED) is 0.919. The van der Waals surface area contributed by atoms with Crippen LogP contribution in [0.15, 0.2) is 30.3 Å². The van der Waals surface area contributed by atoms with Crippen molar-refractivity contribution in [2.45, 2.75) is 38.7 Å². The van der Waals surface area contributed by atoms with Gasteiger partial charge in [0, 0.05) is 13.2 Å². The van der Waals surface area contributed by atoms with Crippen LogP contribution in [0.1, 0.15) is 48.8 Å². The summed E-state index contributed by atoms with van der Waals surface area (Å²) in [6.45, 7) is 5.38. The van der Waals surface area contributed by atoms with E-state index >= 15 is 0 Å². The van der Waals surface area contributed by atoms with Gasteiger partial charge >= 0.3 is 0 Å². The predicted molar refractivity (Wildman–Crippen MR) is 86.8 cm³/mol. The summed E-state index contributed by atoms with van der Waals surface area (Å²) in [5, 5.41) is 11.2. The van der Waals surface area contributed by atoms with E-state index in [-0.39, 0.29) is 17.9 Å². The molecule has 1 atom stereocenters. The third kappa shape index (κ3) is 3.42. The predicted octanol–water partition coefficient (Wildman–Crippen LogP) is 2.30. The van der Waals surface area contributed by atoms with Crippen molar-refractivity contribution in [1.82, 2.24) is 20.3 Å². The zero-order valence-corrected chi connectivity index (χ0v) is 13.5. The number of nitrogens with zero attached hydrogens (tertiary/aromatic N) is 3. The molecule has 3 rings (SSSR count). The molecule has 0 bridgehead atoms. The summed E-state index contributed by atoms with van der Waals surface area (Å²) in [6.07, 6.45) is 2.17. The minimum absolute atomic E-state index is 0.116. The number of benzene rings is 1. The zero-order chi connectivity index (χ0) is 16.2. The third-order valence-corrected chi connectivity index (χ3v) is 3.98. The van der Waals surface area contributed by atoms with Gasteiger partial charge < -0.3 is 10.1 Å². The van der Waals surface area contributed by atoms with Gasteiger partial charge in [0.05, 0.1) is 17.5 Å². The third-order valence-electron chi connectivity index (χ3n) is 3.98. The Morgan fingerprint density at radius 1 is 1.39 bits per heavy atom. The summed E-state index contributed by atoms with van der Waals surface area (Å²) in [5.41, 5.74) is 2.12. The summed E-state index contributed by atoms with van der Waals surface area (Å²) in [5.74, 6) is -0.0555. The van der Waals surface area contributed by atoms with E-state index < -0.39 is 0 Å². The molecule has 6 nitrogen and oxygen atoms in total. The fourth-order valence-corrected chi connectivity index (χ4v) is 2.82. The van der Waals surface area contributed by atoms with Crippen molar-refractivity contribution >= 4 is 5.91 Å². The lowest BCUT2D eigenvalue weighted by Crippen LogP contribution is -2.32. The van der Waals surface area contributed by atoms with E-state index in [0.717, 1.165) is 30.8 Å². The molecule has 0 aliphatic carbocycles. The summed E-state index contributed by atoms with van der Waals surface area (Å²) >= 11 is 0. The van der Waals surface area contributed by atoms with Crippen LogP contribution in [0.25, 0.3) is 5.69 Å². The summed E-state index contributed by atoms with van der Waals surface area (Å²) in [4.78, 5) is 12.5. The number of hydrogen-bond donors (Lipinski definition) is 1. The highest BCUT2D eigenvalue weighted by Gasteiger charge is 2.24. The molecule has 0 radical (unpaired) electrons. The molecule has 1 fully saturated rings. The van der Waals surface area contributed by atoms with Crippen LogP contribution in [0.3, 0.4) is 0 Å². The summed E-state index contributed by atoms with van der Waals surface area (Å²) in [7, 11) is 0. The van der Waals surface area contributed by atoms with Crippen molar-refractivity contribution in [3.05, 3.63) is 41.7 Å². The van der Waals surface area contributed by atoms with Crippen molar-refractivity contribution in [2.75, 3.05) is 13.2 Å². The van der Waals surface area contributed by atoms with Gasteiger partial charge in [-0.15, -0.1) is 5.10 Å². The molecule has 1 aromatic heterocycles. The Bertz CT molecular complexity index is 660. The van der Waals surface area contributed by atoms with E-state index in [1.165, 1.54) is 0 Å². The maximum Gasteiger partial charge on any atom is 0.273 e. The number of nitrogens with one attached hydrogen (secondary N) is 1. The lowest BCUT2D eigenvalue weighted by Gasteiger charge is -2.12. The normalized spacial score (nSPS) is 17.6. The van der Waals surface area contributed by atoms with Crippen molar-refractivity contribution < 1.29 is 9.53 Å². The zero-order valence-electron chi connectivity index (χ0n) is 13.5. The highest BCUT2D eigenvalue weighted by Crippen LogP contribution is 2.21. The SMILES string of the molecule is CC(C)c1c(C(=O)NC[C@@H]2CCCO2)nnn1-c1ccccc1. The second kappa shape index (κ2) is 6.91. The van der Waals surface area contributed by atoms with E-state index in [9.17, 15) is 4.79 Å². The molecular weight excluding hydrogens is 292 g/mol. The first-order valence-electron chi connectivity index (χ1n) is 8.07. The highest BCUT2D eigenvalue weighted by atomic mass is 16.5. The molecule has 1 aromatic carbocycles. The standard InChI is InChI=1S/C17H22N4O2/c1-12(2)16-15(17(22)18-11-14-9-6-10-23-14)19-20-21(16)13-7-4-3-5-8-13/h3-5,7-8,12,14H,6,9-11H2,1-2H3,(H,18,22)/t14-/m0/s1. The molecular formula is C17H22N4O2. The first-order chi connectivity index (χ1) is 11.2. The van der Waals surface area contributed by atoms with Crippen molar-refractivity contribution in [2.24, 2.45) is 0 Å². The van der Waals surface area contributed by atoms with Crippen LogP contribution in [-0.4, -0.2) is 40.2 Å². The monoisotopic (exact) mass is 314 g/mol. The van der Waals surface area contributed by atoms with Crippen LogP contribution in [-0.2, 0) is 4.74 Å². The fourth-order valence-electron chi connectivity index (χ4n) is 2.82. The Balaban J connectivity index is 1.81. The first kappa shape index (κ1) is 15.7. The topological polar surface area (TPSA) is 69.0 Å². The Morgan fingerprint density at radius 3 is 2.83 bits per heavy atom. The number of amides is 1. The van der Waals surface area contributed by atoms with Crippen LogP contribution >= 0.6 is 0 Å². The summed E-state index contributed by atoms with van der Waals surface area (Å²) < 4.78 is 7.28. The van der Waals surface area contributed by atoms with Crippen LogP contribution in [0, 0.1) is 0 Å². The second-order valence-electron chi connectivity index (χ2n) is 6.07. The maximum atomic E-state index is 12.5. The van der Waals surface area contributed by atoms with Crippen LogP contribution < -0.4 is 5.32 Å².